The highest BCUT2D eigenvalue weighted by molar-refractivity contribution is 5.48. The Bertz CT molecular complexity index is 220. The molecular formula is C19H36O. The fourth-order valence-electron chi connectivity index (χ4n) is 2.56. The van der Waals surface area contributed by atoms with E-state index in [4.69, 9.17) is 0 Å². The van der Waals surface area contributed by atoms with Gasteiger partial charge in [-0.2, -0.15) is 0 Å². The molecule has 118 valence electrons. The van der Waals surface area contributed by atoms with Crippen LogP contribution in [0.15, 0.2) is 12.2 Å². The van der Waals surface area contributed by atoms with Gasteiger partial charge in [0.15, 0.2) is 0 Å². The Morgan fingerprint density at radius 3 is 1.95 bits per heavy atom. The number of allylic oxidation sites excluding steroid dienone is 2. The van der Waals surface area contributed by atoms with E-state index in [1.807, 2.05) is 0 Å². The monoisotopic (exact) mass is 280 g/mol. The van der Waals surface area contributed by atoms with Crippen molar-refractivity contribution in [1.29, 1.82) is 0 Å². The number of hydrogen-bond donors (Lipinski definition) is 0. The van der Waals surface area contributed by atoms with Gasteiger partial charge in [0.05, 0.1) is 0 Å². The molecule has 1 atom stereocenters. The maximum absolute atomic E-state index is 10.2. The minimum absolute atomic E-state index is 0.739. The van der Waals surface area contributed by atoms with Gasteiger partial charge >= 0.3 is 0 Å². The lowest BCUT2D eigenvalue weighted by atomic mass is 9.98. The predicted molar refractivity (Wildman–Crippen MR) is 90.1 cm³/mol. The zero-order valence-corrected chi connectivity index (χ0v) is 13.9. The molecule has 0 saturated carbocycles. The molecule has 0 aromatic rings. The van der Waals surface area contributed by atoms with Crippen LogP contribution in [0.3, 0.4) is 0 Å². The molecule has 1 nitrogen and oxygen atoms in total. The SMILES string of the molecule is CCCCCCCC/C=C\CCCC(C)CCCC=O. The summed E-state index contributed by atoms with van der Waals surface area (Å²) in [5, 5.41) is 0. The molecule has 0 aromatic heterocycles. The van der Waals surface area contributed by atoms with Crippen molar-refractivity contribution in [2.24, 2.45) is 5.92 Å². The summed E-state index contributed by atoms with van der Waals surface area (Å²) in [6.45, 7) is 4.58. The Hall–Kier alpha value is -0.590. The lowest BCUT2D eigenvalue weighted by Crippen LogP contribution is -1.94. The van der Waals surface area contributed by atoms with Crippen molar-refractivity contribution in [2.45, 2.75) is 97.3 Å². The number of unbranched alkanes of at least 4 members (excludes halogenated alkanes) is 8. The van der Waals surface area contributed by atoms with Crippen LogP contribution in [0.1, 0.15) is 97.3 Å². The molecule has 0 aliphatic carbocycles. The van der Waals surface area contributed by atoms with Crippen LogP contribution >= 0.6 is 0 Å². The van der Waals surface area contributed by atoms with E-state index in [1.54, 1.807) is 0 Å². The summed E-state index contributed by atoms with van der Waals surface area (Å²) in [6, 6.07) is 0. The molecule has 0 saturated heterocycles. The van der Waals surface area contributed by atoms with Crippen molar-refractivity contribution >= 4 is 6.29 Å². The summed E-state index contributed by atoms with van der Waals surface area (Å²) in [5.41, 5.74) is 0. The summed E-state index contributed by atoms with van der Waals surface area (Å²) < 4.78 is 0. The van der Waals surface area contributed by atoms with Crippen LogP contribution < -0.4 is 0 Å². The van der Waals surface area contributed by atoms with E-state index in [2.05, 4.69) is 26.0 Å². The van der Waals surface area contributed by atoms with Crippen LogP contribution in [0, 0.1) is 5.92 Å². The Kier molecular flexibility index (Phi) is 16.0. The van der Waals surface area contributed by atoms with Crippen LogP contribution in [0.4, 0.5) is 0 Å². The lowest BCUT2D eigenvalue weighted by molar-refractivity contribution is -0.107. The summed E-state index contributed by atoms with van der Waals surface area (Å²) in [6.07, 6.45) is 22.2. The summed E-state index contributed by atoms with van der Waals surface area (Å²) in [7, 11) is 0. The largest absolute Gasteiger partial charge is 0.303 e. The van der Waals surface area contributed by atoms with E-state index in [0.717, 1.165) is 25.0 Å². The molecule has 1 unspecified atom stereocenters. The first kappa shape index (κ1) is 19.4. The average Bonchev–Trinajstić information content (AvgIpc) is 2.45. The average molecular weight is 280 g/mol. The smallest absolute Gasteiger partial charge is 0.119 e. The molecule has 0 aliphatic heterocycles. The number of rotatable bonds is 15. The predicted octanol–water partition coefficient (Wildman–Crippen LogP) is 6.47. The third-order valence-electron chi connectivity index (χ3n) is 3.98. The Balaban J connectivity index is 3.20. The quantitative estimate of drug-likeness (QED) is 0.191. The number of carbonyl (C=O) groups is 1. The molecular weight excluding hydrogens is 244 g/mol. The molecule has 0 amide bonds. The normalized spacial score (nSPS) is 12.9. The molecule has 0 fully saturated rings. The second-order valence-electron chi connectivity index (χ2n) is 6.16. The first-order chi connectivity index (χ1) is 9.81. The lowest BCUT2D eigenvalue weighted by Gasteiger charge is -2.08. The van der Waals surface area contributed by atoms with Gasteiger partial charge in [-0.25, -0.2) is 0 Å². The van der Waals surface area contributed by atoms with Crippen LogP contribution in [-0.2, 0) is 4.79 Å². The van der Waals surface area contributed by atoms with E-state index in [-0.39, 0.29) is 0 Å². The Labute approximate surface area is 127 Å². The van der Waals surface area contributed by atoms with Crippen molar-refractivity contribution in [3.05, 3.63) is 12.2 Å². The molecule has 0 aromatic carbocycles. The summed E-state index contributed by atoms with van der Waals surface area (Å²) >= 11 is 0. The van der Waals surface area contributed by atoms with Crippen molar-refractivity contribution in [1.82, 2.24) is 0 Å². The van der Waals surface area contributed by atoms with Gasteiger partial charge in [0.2, 0.25) is 0 Å². The zero-order valence-electron chi connectivity index (χ0n) is 13.9. The molecule has 0 spiro atoms. The molecule has 0 rings (SSSR count). The molecule has 0 bridgehead atoms. The minimum Gasteiger partial charge on any atom is -0.303 e. The van der Waals surface area contributed by atoms with E-state index in [1.165, 1.54) is 70.6 Å². The molecule has 0 N–H and O–H groups in total. The van der Waals surface area contributed by atoms with E-state index >= 15 is 0 Å². The van der Waals surface area contributed by atoms with Gasteiger partial charge in [0, 0.05) is 6.42 Å². The third kappa shape index (κ3) is 15.5. The standard InChI is InChI=1S/C19H36O/c1-3-4-5-6-7-8-9-10-11-12-13-16-19(2)17-14-15-18-20/h10-11,18-19H,3-9,12-17H2,1-2H3/b11-10-. The highest BCUT2D eigenvalue weighted by atomic mass is 16.1. The topological polar surface area (TPSA) is 17.1 Å². The highest BCUT2D eigenvalue weighted by Crippen LogP contribution is 2.15. The van der Waals surface area contributed by atoms with E-state index in [0.29, 0.717) is 0 Å². The van der Waals surface area contributed by atoms with Crippen LogP contribution in [0.5, 0.6) is 0 Å². The molecule has 1 heteroatoms. The molecule has 0 heterocycles. The van der Waals surface area contributed by atoms with E-state index < -0.39 is 0 Å². The summed E-state index contributed by atoms with van der Waals surface area (Å²) in [5.74, 6) is 0.780. The molecule has 0 aliphatic rings. The van der Waals surface area contributed by atoms with Crippen LogP contribution in [-0.4, -0.2) is 6.29 Å². The number of hydrogen-bond acceptors (Lipinski definition) is 1. The van der Waals surface area contributed by atoms with Crippen molar-refractivity contribution in [2.75, 3.05) is 0 Å². The zero-order chi connectivity index (χ0) is 14.9. The van der Waals surface area contributed by atoms with Gasteiger partial charge in [-0.3, -0.25) is 0 Å². The fourth-order valence-corrected chi connectivity index (χ4v) is 2.56. The van der Waals surface area contributed by atoms with Crippen LogP contribution in [0.25, 0.3) is 0 Å². The second kappa shape index (κ2) is 16.5. The van der Waals surface area contributed by atoms with Crippen molar-refractivity contribution in [3.8, 4) is 0 Å². The number of aldehydes is 1. The highest BCUT2D eigenvalue weighted by Gasteiger charge is 2.00. The van der Waals surface area contributed by atoms with Gasteiger partial charge in [-0.05, 0) is 38.0 Å². The van der Waals surface area contributed by atoms with Gasteiger partial charge in [0.1, 0.15) is 6.29 Å². The Morgan fingerprint density at radius 1 is 0.750 bits per heavy atom. The minimum atomic E-state index is 0.739. The molecule has 20 heavy (non-hydrogen) atoms. The van der Waals surface area contributed by atoms with Crippen LogP contribution in [0.2, 0.25) is 0 Å². The van der Waals surface area contributed by atoms with Gasteiger partial charge < -0.3 is 4.79 Å². The van der Waals surface area contributed by atoms with Crippen molar-refractivity contribution < 1.29 is 4.79 Å². The van der Waals surface area contributed by atoms with E-state index in [9.17, 15) is 4.79 Å². The second-order valence-corrected chi connectivity index (χ2v) is 6.16. The third-order valence-corrected chi connectivity index (χ3v) is 3.98. The molecule has 0 radical (unpaired) electrons. The van der Waals surface area contributed by atoms with Gasteiger partial charge in [-0.1, -0.05) is 70.9 Å². The van der Waals surface area contributed by atoms with Gasteiger partial charge in [0.25, 0.3) is 0 Å². The Morgan fingerprint density at radius 2 is 1.30 bits per heavy atom. The summed E-state index contributed by atoms with van der Waals surface area (Å²) in [4.78, 5) is 10.2. The maximum atomic E-state index is 10.2. The maximum Gasteiger partial charge on any atom is 0.119 e. The van der Waals surface area contributed by atoms with Crippen molar-refractivity contribution in [3.63, 3.8) is 0 Å². The first-order valence-electron chi connectivity index (χ1n) is 8.89. The number of carbonyl (C=O) groups excluding carboxylic acids is 1. The fraction of sp³-hybridized carbons (Fsp3) is 0.842. The first-order valence-corrected chi connectivity index (χ1v) is 8.89. The van der Waals surface area contributed by atoms with Gasteiger partial charge in [-0.15, -0.1) is 0 Å².